The lowest BCUT2D eigenvalue weighted by atomic mass is 10.2. The number of rotatable bonds is 6. The Hall–Kier alpha value is -1.48. The molecule has 0 amide bonds. The normalized spacial score (nSPS) is 22.9. The van der Waals surface area contributed by atoms with Gasteiger partial charge in [-0.3, -0.25) is 0 Å². The van der Waals surface area contributed by atoms with Crippen LogP contribution in [0.1, 0.15) is 12.1 Å². The van der Waals surface area contributed by atoms with Gasteiger partial charge in [0.1, 0.15) is 11.4 Å². The number of benzene rings is 1. The van der Waals surface area contributed by atoms with Gasteiger partial charge in [0.25, 0.3) is 0 Å². The number of methoxy groups -OCH3 is 2. The zero-order valence-electron chi connectivity index (χ0n) is 13.1. The second kappa shape index (κ2) is 6.56. The molecule has 0 spiro atoms. The molecule has 3 rings (SSSR count). The van der Waals surface area contributed by atoms with E-state index in [1.54, 1.807) is 20.3 Å². The second-order valence-corrected chi connectivity index (χ2v) is 7.58. The number of para-hydroxylation sites is 1. The molecule has 126 valence electrons. The van der Waals surface area contributed by atoms with Crippen molar-refractivity contribution in [2.75, 3.05) is 27.4 Å². The van der Waals surface area contributed by atoms with Crippen LogP contribution in [-0.2, 0) is 25.2 Å². The molecule has 1 aliphatic heterocycles. The Labute approximate surface area is 135 Å². The molecule has 0 bridgehead atoms. The van der Waals surface area contributed by atoms with Gasteiger partial charge in [0.15, 0.2) is 5.58 Å². The first-order chi connectivity index (χ1) is 11.0. The molecule has 2 aromatic rings. The summed E-state index contributed by atoms with van der Waals surface area (Å²) in [6.07, 6.45) is 0.516. The largest absolute Gasteiger partial charge is 0.383 e. The Morgan fingerprint density at radius 3 is 2.87 bits per heavy atom. The molecule has 7 nitrogen and oxygen atoms in total. The maximum Gasteiger partial charge on any atom is 0.220 e. The lowest BCUT2D eigenvalue weighted by Gasteiger charge is -2.22. The summed E-state index contributed by atoms with van der Waals surface area (Å²) in [6, 6.07) is 7.02. The minimum absolute atomic E-state index is 0.112. The van der Waals surface area contributed by atoms with Crippen LogP contribution in [0.5, 0.6) is 0 Å². The van der Waals surface area contributed by atoms with E-state index in [2.05, 4.69) is 5.16 Å². The van der Waals surface area contributed by atoms with Crippen molar-refractivity contribution in [2.45, 2.75) is 24.3 Å². The van der Waals surface area contributed by atoms with Gasteiger partial charge in [0, 0.05) is 26.2 Å². The fraction of sp³-hybridized carbons (Fsp3) is 0.533. The number of aromatic nitrogens is 1. The van der Waals surface area contributed by atoms with Gasteiger partial charge in [0.05, 0.1) is 18.8 Å². The van der Waals surface area contributed by atoms with E-state index in [0.29, 0.717) is 30.8 Å². The molecule has 1 aromatic heterocycles. The van der Waals surface area contributed by atoms with E-state index < -0.39 is 10.0 Å². The van der Waals surface area contributed by atoms with Crippen molar-refractivity contribution in [3.8, 4) is 0 Å². The number of hydrogen-bond donors (Lipinski definition) is 0. The maximum absolute atomic E-state index is 12.8. The molecule has 0 aliphatic carbocycles. The fourth-order valence-electron chi connectivity index (χ4n) is 3.00. The average molecular weight is 340 g/mol. The molecule has 1 aromatic carbocycles. The lowest BCUT2D eigenvalue weighted by Crippen LogP contribution is -2.39. The molecule has 0 unspecified atom stereocenters. The highest BCUT2D eigenvalue weighted by atomic mass is 32.2. The van der Waals surface area contributed by atoms with Gasteiger partial charge >= 0.3 is 0 Å². The minimum atomic E-state index is -3.54. The highest BCUT2D eigenvalue weighted by molar-refractivity contribution is 7.88. The van der Waals surface area contributed by atoms with E-state index in [1.165, 1.54) is 4.31 Å². The molecular weight excluding hydrogens is 320 g/mol. The third kappa shape index (κ3) is 3.25. The summed E-state index contributed by atoms with van der Waals surface area (Å²) in [6.45, 7) is 0.682. The molecule has 2 atom stereocenters. The van der Waals surface area contributed by atoms with Crippen molar-refractivity contribution in [1.29, 1.82) is 0 Å². The highest BCUT2D eigenvalue weighted by Gasteiger charge is 2.40. The van der Waals surface area contributed by atoms with Gasteiger partial charge in [-0.1, -0.05) is 17.3 Å². The third-order valence-electron chi connectivity index (χ3n) is 4.15. The molecule has 0 N–H and O–H groups in total. The molecule has 1 saturated heterocycles. The standard InChI is InChI=1S/C15H20N2O5S/c1-20-9-11-7-12(21-2)8-17(11)23(18,19)10-14-13-5-3-4-6-15(13)22-16-14/h3-6,11-12H,7-10H2,1-2H3/t11-,12+/m0/s1. The molecule has 0 saturated carbocycles. The summed E-state index contributed by atoms with van der Waals surface area (Å²) in [5.41, 5.74) is 1.01. The SMILES string of the molecule is COC[C@@H]1C[C@@H](OC)CN1S(=O)(=O)Cc1noc2ccccc12. The Kier molecular flexibility index (Phi) is 4.67. The van der Waals surface area contributed by atoms with Crippen molar-refractivity contribution in [1.82, 2.24) is 9.46 Å². The molecule has 1 aliphatic rings. The first-order valence-electron chi connectivity index (χ1n) is 7.39. The first kappa shape index (κ1) is 16.4. The quantitative estimate of drug-likeness (QED) is 0.790. The van der Waals surface area contributed by atoms with Crippen LogP contribution in [0.25, 0.3) is 11.0 Å². The molecular formula is C15H20N2O5S. The Balaban J connectivity index is 1.85. The van der Waals surface area contributed by atoms with E-state index in [4.69, 9.17) is 14.0 Å². The van der Waals surface area contributed by atoms with Gasteiger partial charge in [-0.15, -0.1) is 0 Å². The van der Waals surface area contributed by atoms with Crippen molar-refractivity contribution in [3.63, 3.8) is 0 Å². The molecule has 2 heterocycles. The highest BCUT2D eigenvalue weighted by Crippen LogP contribution is 2.27. The second-order valence-electron chi connectivity index (χ2n) is 5.65. The third-order valence-corrected chi connectivity index (χ3v) is 5.95. The summed E-state index contributed by atoms with van der Waals surface area (Å²) in [7, 11) is -0.379. The maximum atomic E-state index is 12.8. The van der Waals surface area contributed by atoms with Crippen molar-refractivity contribution in [3.05, 3.63) is 30.0 Å². The molecule has 23 heavy (non-hydrogen) atoms. The summed E-state index contributed by atoms with van der Waals surface area (Å²) in [4.78, 5) is 0. The van der Waals surface area contributed by atoms with E-state index >= 15 is 0 Å². The van der Waals surface area contributed by atoms with Crippen molar-refractivity contribution in [2.24, 2.45) is 0 Å². The van der Waals surface area contributed by atoms with E-state index in [-0.39, 0.29) is 17.9 Å². The van der Waals surface area contributed by atoms with Crippen LogP contribution in [-0.4, -0.2) is 57.4 Å². The van der Waals surface area contributed by atoms with Crippen molar-refractivity contribution < 1.29 is 22.4 Å². The summed E-state index contributed by atoms with van der Waals surface area (Å²) in [5.74, 6) is -0.194. The Morgan fingerprint density at radius 2 is 2.13 bits per heavy atom. The smallest absolute Gasteiger partial charge is 0.220 e. The van der Waals surface area contributed by atoms with E-state index in [9.17, 15) is 8.42 Å². The average Bonchev–Trinajstić information content (AvgIpc) is 3.12. The van der Waals surface area contributed by atoms with Crippen LogP contribution >= 0.6 is 0 Å². The monoisotopic (exact) mass is 340 g/mol. The Morgan fingerprint density at radius 1 is 1.35 bits per heavy atom. The van der Waals surface area contributed by atoms with Crippen LogP contribution in [0.4, 0.5) is 0 Å². The summed E-state index contributed by atoms with van der Waals surface area (Å²) >= 11 is 0. The number of sulfonamides is 1. The van der Waals surface area contributed by atoms with Gasteiger partial charge in [-0.05, 0) is 18.6 Å². The zero-order chi connectivity index (χ0) is 16.4. The number of fused-ring (bicyclic) bond motifs is 1. The number of nitrogens with zero attached hydrogens (tertiary/aromatic N) is 2. The number of ether oxygens (including phenoxy) is 2. The zero-order valence-corrected chi connectivity index (χ0v) is 14.0. The topological polar surface area (TPSA) is 81.9 Å². The minimum Gasteiger partial charge on any atom is -0.383 e. The van der Waals surface area contributed by atoms with Gasteiger partial charge in [-0.25, -0.2) is 8.42 Å². The van der Waals surface area contributed by atoms with Crippen LogP contribution in [0.3, 0.4) is 0 Å². The van der Waals surface area contributed by atoms with E-state index in [1.807, 2.05) is 18.2 Å². The van der Waals surface area contributed by atoms with Crippen molar-refractivity contribution >= 4 is 21.0 Å². The fourth-order valence-corrected chi connectivity index (χ4v) is 4.71. The predicted molar refractivity (Wildman–Crippen MR) is 84.4 cm³/mol. The van der Waals surface area contributed by atoms with Crippen LogP contribution in [0.2, 0.25) is 0 Å². The summed E-state index contributed by atoms with van der Waals surface area (Å²) < 4.78 is 42.8. The predicted octanol–water partition coefficient (Wildman–Crippen LogP) is 1.39. The Bertz CT molecular complexity index is 773. The van der Waals surface area contributed by atoms with Gasteiger partial charge in [0.2, 0.25) is 10.0 Å². The van der Waals surface area contributed by atoms with E-state index in [0.717, 1.165) is 5.39 Å². The van der Waals surface area contributed by atoms with Gasteiger partial charge in [-0.2, -0.15) is 4.31 Å². The summed E-state index contributed by atoms with van der Waals surface area (Å²) in [5, 5.41) is 4.64. The number of hydrogen-bond acceptors (Lipinski definition) is 6. The first-order valence-corrected chi connectivity index (χ1v) is 9.00. The van der Waals surface area contributed by atoms with Crippen LogP contribution in [0.15, 0.2) is 28.8 Å². The molecule has 1 fully saturated rings. The molecule has 8 heteroatoms. The lowest BCUT2D eigenvalue weighted by molar-refractivity contribution is 0.110. The van der Waals surface area contributed by atoms with Crippen LogP contribution < -0.4 is 0 Å². The molecule has 0 radical (unpaired) electrons. The van der Waals surface area contributed by atoms with Gasteiger partial charge < -0.3 is 14.0 Å². The van der Waals surface area contributed by atoms with Crippen LogP contribution in [0, 0.1) is 0 Å².